The summed E-state index contributed by atoms with van der Waals surface area (Å²) >= 11 is 1.37. The molecule has 0 spiro atoms. The number of anilines is 1. The number of carbonyl (C=O) groups excluding carboxylic acids is 1. The molecule has 1 saturated heterocycles. The van der Waals surface area contributed by atoms with E-state index in [0.717, 1.165) is 30.0 Å². The van der Waals surface area contributed by atoms with Gasteiger partial charge in [-0.25, -0.2) is 9.67 Å². The largest absolute Gasteiger partial charge is 0.373 e. The molecule has 9 heteroatoms. The van der Waals surface area contributed by atoms with E-state index in [0.29, 0.717) is 5.13 Å². The maximum atomic E-state index is 12.2. The minimum atomic E-state index is -0.384. The van der Waals surface area contributed by atoms with E-state index in [-0.39, 0.29) is 29.4 Å². The van der Waals surface area contributed by atoms with E-state index >= 15 is 0 Å². The number of nitrogens with zero attached hydrogens (tertiary/aromatic N) is 4. The average molecular weight is 363 g/mol. The van der Waals surface area contributed by atoms with Gasteiger partial charge in [0.25, 0.3) is 11.5 Å². The molecule has 2 aromatic heterocycles. The molecule has 1 N–H and O–H groups in total. The van der Waals surface area contributed by atoms with Crippen molar-refractivity contribution >= 4 is 22.4 Å². The molecule has 0 aromatic carbocycles. The quantitative estimate of drug-likeness (QED) is 0.875. The summed E-state index contributed by atoms with van der Waals surface area (Å²) in [5.74, 6) is -0.384. The van der Waals surface area contributed by atoms with Crippen LogP contribution in [0.2, 0.25) is 0 Å². The van der Waals surface area contributed by atoms with Crippen LogP contribution in [0.3, 0.4) is 0 Å². The summed E-state index contributed by atoms with van der Waals surface area (Å²) in [7, 11) is 1.50. The number of nitrogens with one attached hydrogen (secondary N) is 1. The molecule has 0 saturated carbocycles. The van der Waals surface area contributed by atoms with Crippen LogP contribution in [0.1, 0.15) is 30.0 Å². The third kappa shape index (κ3) is 4.50. The van der Waals surface area contributed by atoms with Crippen LogP contribution in [0, 0.1) is 0 Å². The highest BCUT2D eigenvalue weighted by Crippen LogP contribution is 2.19. The van der Waals surface area contributed by atoms with Crippen molar-refractivity contribution in [1.29, 1.82) is 0 Å². The van der Waals surface area contributed by atoms with Crippen molar-refractivity contribution in [3.05, 3.63) is 39.3 Å². The lowest BCUT2D eigenvalue weighted by molar-refractivity contribution is -0.0707. The first-order chi connectivity index (χ1) is 11.9. The molecule has 2 unspecified atom stereocenters. The van der Waals surface area contributed by atoms with Crippen LogP contribution in [-0.4, -0.2) is 50.9 Å². The first kappa shape index (κ1) is 17.7. The summed E-state index contributed by atoms with van der Waals surface area (Å²) in [4.78, 5) is 30.3. The fourth-order valence-electron chi connectivity index (χ4n) is 2.86. The Balaban J connectivity index is 1.62. The second-order valence-corrected chi connectivity index (χ2v) is 7.09. The molecule has 2 aromatic rings. The second-order valence-electron chi connectivity index (χ2n) is 6.23. The Hall–Kier alpha value is -2.10. The van der Waals surface area contributed by atoms with Crippen LogP contribution in [0.4, 0.5) is 5.13 Å². The maximum Gasteiger partial charge on any atom is 0.277 e. The number of aromatic nitrogens is 3. The molecule has 2 atom stereocenters. The monoisotopic (exact) mass is 363 g/mol. The molecule has 8 nitrogen and oxygen atoms in total. The Bertz CT molecular complexity index is 808. The average Bonchev–Trinajstić information content (AvgIpc) is 2.95. The maximum absolute atomic E-state index is 12.2. The fraction of sp³-hybridized carbons (Fsp3) is 0.500. The molecule has 0 aliphatic carbocycles. The standard InChI is InChI=1S/C16H21N5O3S/c1-10-6-21(7-11(2)24-10)8-12-9-25-16(17-12)18-15(23)13-4-5-14(22)20(3)19-13/h4-5,9-11H,6-8H2,1-3H3,(H,17,18,23). The SMILES string of the molecule is CC1CN(Cc2csc(NC(=O)c3ccc(=O)n(C)n3)n2)CC(C)O1. The Morgan fingerprint density at radius 1 is 1.36 bits per heavy atom. The topological polar surface area (TPSA) is 89.4 Å². The molecule has 3 rings (SSSR count). The van der Waals surface area contributed by atoms with Gasteiger partial charge in [-0.3, -0.25) is 19.8 Å². The highest BCUT2D eigenvalue weighted by molar-refractivity contribution is 7.13. The number of thiazole rings is 1. The summed E-state index contributed by atoms with van der Waals surface area (Å²) in [6, 6.07) is 2.72. The van der Waals surface area contributed by atoms with Crippen molar-refractivity contribution in [3.63, 3.8) is 0 Å². The normalized spacial score (nSPS) is 21.2. The number of amides is 1. The fourth-order valence-corrected chi connectivity index (χ4v) is 3.56. The molecule has 134 valence electrons. The number of rotatable bonds is 4. The van der Waals surface area contributed by atoms with Gasteiger partial charge in [0, 0.05) is 38.1 Å². The number of hydrogen-bond donors (Lipinski definition) is 1. The number of aryl methyl sites for hydroxylation is 1. The molecule has 1 aliphatic heterocycles. The Morgan fingerprint density at radius 2 is 2.08 bits per heavy atom. The Kier molecular flexibility index (Phi) is 5.26. The first-order valence-corrected chi connectivity index (χ1v) is 8.96. The molecule has 0 radical (unpaired) electrons. The predicted octanol–water partition coefficient (Wildman–Crippen LogP) is 1.10. The van der Waals surface area contributed by atoms with Crippen molar-refractivity contribution in [2.45, 2.75) is 32.6 Å². The van der Waals surface area contributed by atoms with Crippen molar-refractivity contribution in [3.8, 4) is 0 Å². The third-order valence-electron chi connectivity index (χ3n) is 3.85. The summed E-state index contributed by atoms with van der Waals surface area (Å²) in [5, 5.41) is 9.12. The zero-order valence-electron chi connectivity index (χ0n) is 14.4. The van der Waals surface area contributed by atoms with Crippen LogP contribution >= 0.6 is 11.3 Å². The summed E-state index contributed by atoms with van der Waals surface area (Å²) < 4.78 is 6.86. The van der Waals surface area contributed by atoms with Gasteiger partial charge in [0.05, 0.1) is 17.9 Å². The van der Waals surface area contributed by atoms with Crippen molar-refractivity contribution in [2.75, 3.05) is 18.4 Å². The van der Waals surface area contributed by atoms with Crippen molar-refractivity contribution in [1.82, 2.24) is 19.7 Å². The molecule has 1 fully saturated rings. The lowest BCUT2D eigenvalue weighted by Gasteiger charge is -2.34. The van der Waals surface area contributed by atoms with Gasteiger partial charge in [-0.15, -0.1) is 11.3 Å². The van der Waals surface area contributed by atoms with Crippen LogP contribution in [-0.2, 0) is 18.3 Å². The van der Waals surface area contributed by atoms with Crippen LogP contribution < -0.4 is 10.9 Å². The molecule has 1 amide bonds. The van der Waals surface area contributed by atoms with Crippen LogP contribution in [0.25, 0.3) is 0 Å². The minimum absolute atomic E-state index is 0.176. The summed E-state index contributed by atoms with van der Waals surface area (Å²) in [5.41, 5.74) is 0.826. The molecular formula is C16H21N5O3S. The van der Waals surface area contributed by atoms with Crippen molar-refractivity contribution in [2.24, 2.45) is 7.05 Å². The molecule has 25 heavy (non-hydrogen) atoms. The van der Waals surface area contributed by atoms with E-state index in [9.17, 15) is 9.59 Å². The lowest BCUT2D eigenvalue weighted by atomic mass is 10.2. The molecule has 3 heterocycles. The van der Waals surface area contributed by atoms with E-state index in [4.69, 9.17) is 4.74 Å². The number of ether oxygens (including phenoxy) is 1. The van der Waals surface area contributed by atoms with Crippen LogP contribution in [0.5, 0.6) is 0 Å². The van der Waals surface area contributed by atoms with Gasteiger partial charge in [-0.1, -0.05) is 0 Å². The van der Waals surface area contributed by atoms with Gasteiger partial charge in [0.2, 0.25) is 0 Å². The van der Waals surface area contributed by atoms with Crippen molar-refractivity contribution < 1.29 is 9.53 Å². The predicted molar refractivity (Wildman–Crippen MR) is 94.8 cm³/mol. The van der Waals surface area contributed by atoms with E-state index in [2.05, 4.69) is 34.1 Å². The highest BCUT2D eigenvalue weighted by atomic mass is 32.1. The molecule has 1 aliphatic rings. The van der Waals surface area contributed by atoms with Gasteiger partial charge < -0.3 is 4.74 Å². The third-order valence-corrected chi connectivity index (χ3v) is 4.65. The van der Waals surface area contributed by atoms with Gasteiger partial charge in [-0.05, 0) is 19.9 Å². The van der Waals surface area contributed by atoms with Gasteiger partial charge in [-0.2, -0.15) is 5.10 Å². The smallest absolute Gasteiger partial charge is 0.277 e. The van der Waals surface area contributed by atoms with Gasteiger partial charge in [0.15, 0.2) is 5.13 Å². The first-order valence-electron chi connectivity index (χ1n) is 8.08. The lowest BCUT2D eigenvalue weighted by Crippen LogP contribution is -2.44. The Morgan fingerprint density at radius 3 is 2.76 bits per heavy atom. The minimum Gasteiger partial charge on any atom is -0.373 e. The van der Waals surface area contributed by atoms with E-state index in [1.165, 1.54) is 30.5 Å². The Labute approximate surface area is 149 Å². The summed E-state index contributed by atoms with van der Waals surface area (Å²) in [6.07, 6.45) is 0.412. The van der Waals surface area contributed by atoms with Gasteiger partial charge >= 0.3 is 0 Å². The highest BCUT2D eigenvalue weighted by Gasteiger charge is 2.23. The van der Waals surface area contributed by atoms with E-state index < -0.39 is 0 Å². The zero-order valence-corrected chi connectivity index (χ0v) is 15.2. The number of hydrogen-bond acceptors (Lipinski definition) is 7. The van der Waals surface area contributed by atoms with E-state index in [1.54, 1.807) is 0 Å². The second kappa shape index (κ2) is 7.42. The van der Waals surface area contributed by atoms with Crippen LogP contribution in [0.15, 0.2) is 22.3 Å². The number of morpholine rings is 1. The van der Waals surface area contributed by atoms with Gasteiger partial charge in [0.1, 0.15) is 5.69 Å². The van der Waals surface area contributed by atoms with E-state index in [1.807, 2.05) is 5.38 Å². The summed E-state index contributed by atoms with van der Waals surface area (Å²) in [6.45, 7) is 6.59. The molecule has 0 bridgehead atoms. The zero-order chi connectivity index (χ0) is 18.0. The molecular weight excluding hydrogens is 342 g/mol. The number of carbonyl (C=O) groups is 1.